The summed E-state index contributed by atoms with van der Waals surface area (Å²) in [4.78, 5) is 4.26. The molecule has 0 fully saturated rings. The molecule has 0 amide bonds. The van der Waals surface area contributed by atoms with Gasteiger partial charge in [-0.2, -0.15) is 0 Å². The van der Waals surface area contributed by atoms with E-state index in [2.05, 4.69) is 4.98 Å². The molecule has 0 aliphatic carbocycles. The Kier molecular flexibility index (Phi) is 7.36. The van der Waals surface area contributed by atoms with E-state index in [1.807, 2.05) is 36.4 Å². The molecule has 18 heavy (non-hydrogen) atoms. The number of rotatable bonds is 3. The number of hydrogen-bond donors (Lipinski definition) is 1. The molecule has 0 saturated carbocycles. The Balaban J connectivity index is 0.00000144. The van der Waals surface area contributed by atoms with Crippen molar-refractivity contribution >= 4 is 24.8 Å². The average molecular weight is 287 g/mol. The molecule has 0 unspecified atom stereocenters. The van der Waals surface area contributed by atoms with Crippen LogP contribution in [0.2, 0.25) is 0 Å². The lowest BCUT2D eigenvalue weighted by Crippen LogP contribution is -2.01. The Hall–Kier alpha value is -1.29. The summed E-state index contributed by atoms with van der Waals surface area (Å²) < 4.78 is 5.12. The first-order valence-electron chi connectivity index (χ1n) is 5.13. The fourth-order valence-electron chi connectivity index (χ4n) is 1.63. The van der Waals surface area contributed by atoms with Crippen molar-refractivity contribution in [3.63, 3.8) is 0 Å². The molecule has 0 radical (unpaired) electrons. The SMILES string of the molecule is COc1ccc(-c2cccnc2CN)cc1.Cl.Cl. The fraction of sp³-hybridized carbons (Fsp3) is 0.154. The third kappa shape index (κ3) is 3.60. The number of hydrogen-bond acceptors (Lipinski definition) is 3. The number of benzene rings is 1. The van der Waals surface area contributed by atoms with Gasteiger partial charge in [-0.15, -0.1) is 24.8 Å². The lowest BCUT2D eigenvalue weighted by atomic mass is 10.0. The van der Waals surface area contributed by atoms with Gasteiger partial charge in [0.2, 0.25) is 0 Å². The highest BCUT2D eigenvalue weighted by atomic mass is 35.5. The molecule has 0 aliphatic rings. The fourth-order valence-corrected chi connectivity index (χ4v) is 1.63. The van der Waals surface area contributed by atoms with Crippen LogP contribution in [-0.2, 0) is 6.54 Å². The maximum absolute atomic E-state index is 5.66. The van der Waals surface area contributed by atoms with Gasteiger partial charge in [0.25, 0.3) is 0 Å². The van der Waals surface area contributed by atoms with E-state index in [0.29, 0.717) is 6.54 Å². The van der Waals surface area contributed by atoms with Gasteiger partial charge in [-0.25, -0.2) is 0 Å². The van der Waals surface area contributed by atoms with Crippen molar-refractivity contribution in [1.82, 2.24) is 4.98 Å². The zero-order valence-electron chi connectivity index (χ0n) is 10.00. The van der Waals surface area contributed by atoms with Crippen molar-refractivity contribution in [2.24, 2.45) is 5.73 Å². The summed E-state index contributed by atoms with van der Waals surface area (Å²) in [7, 11) is 1.66. The minimum atomic E-state index is 0. The zero-order valence-corrected chi connectivity index (χ0v) is 11.6. The van der Waals surface area contributed by atoms with Crippen LogP contribution in [0.5, 0.6) is 5.75 Å². The molecule has 0 aliphatic heterocycles. The number of aromatic nitrogens is 1. The lowest BCUT2D eigenvalue weighted by Gasteiger charge is -2.07. The van der Waals surface area contributed by atoms with E-state index in [1.165, 1.54) is 0 Å². The number of pyridine rings is 1. The molecule has 2 rings (SSSR count). The molecule has 2 N–H and O–H groups in total. The number of nitrogens with two attached hydrogens (primary N) is 1. The van der Waals surface area contributed by atoms with Crippen LogP contribution in [0.3, 0.4) is 0 Å². The molecule has 1 heterocycles. The van der Waals surface area contributed by atoms with Crippen LogP contribution in [0.1, 0.15) is 5.69 Å². The van der Waals surface area contributed by atoms with Crippen LogP contribution in [0.25, 0.3) is 11.1 Å². The highest BCUT2D eigenvalue weighted by molar-refractivity contribution is 5.85. The van der Waals surface area contributed by atoms with Crippen molar-refractivity contribution in [3.05, 3.63) is 48.3 Å². The third-order valence-electron chi connectivity index (χ3n) is 2.48. The van der Waals surface area contributed by atoms with Crippen LogP contribution in [-0.4, -0.2) is 12.1 Å². The van der Waals surface area contributed by atoms with Crippen molar-refractivity contribution in [1.29, 1.82) is 0 Å². The molecule has 98 valence electrons. The summed E-state index contributed by atoms with van der Waals surface area (Å²) in [6, 6.07) is 11.8. The number of nitrogens with zero attached hydrogens (tertiary/aromatic N) is 1. The standard InChI is InChI=1S/C13H14N2O.2ClH/c1-16-11-6-4-10(5-7-11)12-3-2-8-15-13(12)9-14;;/h2-8H,9,14H2,1H3;2*1H. The Morgan fingerprint density at radius 2 is 1.78 bits per heavy atom. The van der Waals surface area contributed by atoms with Crippen LogP contribution in [0, 0.1) is 0 Å². The lowest BCUT2D eigenvalue weighted by molar-refractivity contribution is 0.415. The van der Waals surface area contributed by atoms with Gasteiger partial charge in [0, 0.05) is 18.3 Å². The summed E-state index contributed by atoms with van der Waals surface area (Å²) in [5.41, 5.74) is 8.75. The van der Waals surface area contributed by atoms with E-state index in [4.69, 9.17) is 10.5 Å². The van der Waals surface area contributed by atoms with Gasteiger partial charge in [0.15, 0.2) is 0 Å². The predicted molar refractivity (Wildman–Crippen MR) is 78.6 cm³/mol. The Bertz CT molecular complexity index is 475. The maximum Gasteiger partial charge on any atom is 0.118 e. The minimum absolute atomic E-state index is 0. The Morgan fingerprint density at radius 3 is 2.33 bits per heavy atom. The van der Waals surface area contributed by atoms with E-state index >= 15 is 0 Å². The second-order valence-corrected chi connectivity index (χ2v) is 3.43. The van der Waals surface area contributed by atoms with Gasteiger partial charge < -0.3 is 10.5 Å². The van der Waals surface area contributed by atoms with Crippen molar-refractivity contribution in [2.45, 2.75) is 6.54 Å². The highest BCUT2D eigenvalue weighted by Crippen LogP contribution is 2.24. The first kappa shape index (κ1) is 16.7. The van der Waals surface area contributed by atoms with Gasteiger partial charge >= 0.3 is 0 Å². The summed E-state index contributed by atoms with van der Waals surface area (Å²) in [5.74, 6) is 0.849. The molecule has 1 aromatic carbocycles. The quantitative estimate of drug-likeness (QED) is 0.943. The van der Waals surface area contributed by atoms with Crippen LogP contribution < -0.4 is 10.5 Å². The van der Waals surface area contributed by atoms with Gasteiger partial charge in [-0.3, -0.25) is 4.98 Å². The zero-order chi connectivity index (χ0) is 11.4. The summed E-state index contributed by atoms with van der Waals surface area (Å²) in [5, 5.41) is 0. The summed E-state index contributed by atoms with van der Waals surface area (Å²) in [6.07, 6.45) is 1.76. The van der Waals surface area contributed by atoms with Crippen molar-refractivity contribution < 1.29 is 4.74 Å². The number of ether oxygens (including phenoxy) is 1. The highest BCUT2D eigenvalue weighted by Gasteiger charge is 2.04. The van der Waals surface area contributed by atoms with E-state index in [0.717, 1.165) is 22.6 Å². The van der Waals surface area contributed by atoms with E-state index < -0.39 is 0 Å². The molecular formula is C13H16Cl2N2O. The molecule has 1 aromatic heterocycles. The molecule has 0 spiro atoms. The topological polar surface area (TPSA) is 48.1 Å². The summed E-state index contributed by atoms with van der Waals surface area (Å²) in [6.45, 7) is 0.447. The first-order valence-corrected chi connectivity index (χ1v) is 5.13. The van der Waals surface area contributed by atoms with E-state index in [9.17, 15) is 0 Å². The number of halogens is 2. The smallest absolute Gasteiger partial charge is 0.118 e. The van der Waals surface area contributed by atoms with Crippen LogP contribution in [0.4, 0.5) is 0 Å². The largest absolute Gasteiger partial charge is 0.497 e. The average Bonchev–Trinajstić information content (AvgIpc) is 2.39. The molecule has 3 nitrogen and oxygen atoms in total. The molecule has 5 heteroatoms. The Labute approximate surface area is 119 Å². The minimum Gasteiger partial charge on any atom is -0.497 e. The molecular weight excluding hydrogens is 271 g/mol. The van der Waals surface area contributed by atoms with Crippen molar-refractivity contribution in [2.75, 3.05) is 7.11 Å². The van der Waals surface area contributed by atoms with Gasteiger partial charge in [-0.1, -0.05) is 18.2 Å². The van der Waals surface area contributed by atoms with E-state index in [-0.39, 0.29) is 24.8 Å². The van der Waals surface area contributed by atoms with E-state index in [1.54, 1.807) is 13.3 Å². The molecule has 2 aromatic rings. The maximum atomic E-state index is 5.66. The van der Waals surface area contributed by atoms with Crippen LogP contribution >= 0.6 is 24.8 Å². The number of methoxy groups -OCH3 is 1. The van der Waals surface area contributed by atoms with Gasteiger partial charge in [-0.05, 0) is 23.8 Å². The first-order chi connectivity index (χ1) is 7.85. The van der Waals surface area contributed by atoms with Crippen molar-refractivity contribution in [3.8, 4) is 16.9 Å². The molecule has 0 bridgehead atoms. The third-order valence-corrected chi connectivity index (χ3v) is 2.48. The molecule has 0 atom stereocenters. The van der Waals surface area contributed by atoms with Gasteiger partial charge in [0.1, 0.15) is 5.75 Å². The second-order valence-electron chi connectivity index (χ2n) is 3.43. The summed E-state index contributed by atoms with van der Waals surface area (Å²) >= 11 is 0. The molecule has 0 saturated heterocycles. The predicted octanol–water partition coefficient (Wildman–Crippen LogP) is 3.06. The normalized spacial score (nSPS) is 9.00. The van der Waals surface area contributed by atoms with Gasteiger partial charge in [0.05, 0.1) is 12.8 Å². The Morgan fingerprint density at radius 1 is 1.11 bits per heavy atom. The monoisotopic (exact) mass is 286 g/mol. The van der Waals surface area contributed by atoms with Crippen LogP contribution in [0.15, 0.2) is 42.6 Å². The second kappa shape index (κ2) is 7.93.